The molecule has 0 amide bonds. The fourth-order valence-corrected chi connectivity index (χ4v) is 2.75. The smallest absolute Gasteiger partial charge is 0.272 e. The van der Waals surface area contributed by atoms with Crippen molar-refractivity contribution in [1.82, 2.24) is 9.78 Å². The third-order valence-corrected chi connectivity index (χ3v) is 3.63. The summed E-state index contributed by atoms with van der Waals surface area (Å²) < 4.78 is 1.98. The molecule has 3 heteroatoms. The molecule has 3 nitrogen and oxygen atoms in total. The molecule has 3 aromatic rings. The van der Waals surface area contributed by atoms with Crippen molar-refractivity contribution in [1.29, 1.82) is 0 Å². The summed E-state index contributed by atoms with van der Waals surface area (Å²) in [5, 5.41) is 3.00. The molecule has 0 saturated heterocycles. The number of hydrogen-bond donors (Lipinski definition) is 1. The minimum Gasteiger partial charge on any atom is -0.284 e. The number of rotatable bonds is 4. The van der Waals surface area contributed by atoms with Gasteiger partial charge in [0.2, 0.25) is 0 Å². The molecule has 0 aliphatic rings. The summed E-state index contributed by atoms with van der Waals surface area (Å²) in [6, 6.07) is 19.9. The predicted molar refractivity (Wildman–Crippen MR) is 90.8 cm³/mol. The number of hydrogen-bond acceptors (Lipinski definition) is 1. The van der Waals surface area contributed by atoms with E-state index in [2.05, 4.69) is 18.9 Å². The highest BCUT2D eigenvalue weighted by atomic mass is 16.1. The second kappa shape index (κ2) is 6.06. The van der Waals surface area contributed by atoms with Gasteiger partial charge >= 0.3 is 0 Å². The summed E-state index contributed by atoms with van der Waals surface area (Å²) in [5.41, 5.74) is 3.68. The van der Waals surface area contributed by atoms with Gasteiger partial charge in [0.05, 0.1) is 11.3 Å². The van der Waals surface area contributed by atoms with Crippen LogP contribution in [0.15, 0.2) is 65.5 Å². The summed E-state index contributed by atoms with van der Waals surface area (Å²) in [5.74, 6) is 0.453. The Balaban J connectivity index is 2.26. The van der Waals surface area contributed by atoms with Crippen LogP contribution in [0.25, 0.3) is 22.4 Å². The van der Waals surface area contributed by atoms with E-state index in [-0.39, 0.29) is 5.56 Å². The fraction of sp³-hybridized carbons (Fsp3) is 0.211. The highest BCUT2D eigenvalue weighted by Gasteiger charge is 2.18. The average Bonchev–Trinajstić information content (AvgIpc) is 2.84. The molecule has 0 radical (unpaired) electrons. The minimum absolute atomic E-state index is 0.0364. The number of benzene rings is 2. The van der Waals surface area contributed by atoms with Gasteiger partial charge in [-0.2, -0.15) is 0 Å². The van der Waals surface area contributed by atoms with Gasteiger partial charge in [0.1, 0.15) is 0 Å². The Labute approximate surface area is 130 Å². The number of nitrogens with zero attached hydrogens (tertiary/aromatic N) is 1. The van der Waals surface area contributed by atoms with Crippen molar-refractivity contribution in [2.24, 2.45) is 5.92 Å². The molecule has 0 saturated carbocycles. The molecule has 2 aromatic carbocycles. The van der Waals surface area contributed by atoms with Crippen LogP contribution in [0.3, 0.4) is 0 Å². The quantitative estimate of drug-likeness (QED) is 0.770. The molecule has 112 valence electrons. The predicted octanol–water partition coefficient (Wildman–Crippen LogP) is 4.17. The molecule has 0 aliphatic heterocycles. The summed E-state index contributed by atoms with van der Waals surface area (Å²) in [4.78, 5) is 12.5. The standard InChI is InChI=1S/C19H20N2O/c1-14(2)13-21-18(16-11-7-4-8-12-16)17(19(22)20-21)15-9-5-3-6-10-15/h3-12,14H,13H2,1-2H3,(H,20,22). The van der Waals surface area contributed by atoms with E-state index in [0.29, 0.717) is 5.92 Å². The highest BCUT2D eigenvalue weighted by molar-refractivity contribution is 5.80. The maximum Gasteiger partial charge on any atom is 0.272 e. The van der Waals surface area contributed by atoms with Crippen molar-refractivity contribution in [3.63, 3.8) is 0 Å². The normalized spacial score (nSPS) is 11.0. The maximum absolute atomic E-state index is 12.5. The van der Waals surface area contributed by atoms with Crippen LogP contribution in [0.4, 0.5) is 0 Å². The van der Waals surface area contributed by atoms with Gasteiger partial charge in [0.15, 0.2) is 0 Å². The number of H-pyrrole nitrogens is 1. The lowest BCUT2D eigenvalue weighted by atomic mass is 10.0. The van der Waals surface area contributed by atoms with E-state index in [4.69, 9.17) is 0 Å². The Morgan fingerprint density at radius 3 is 2.00 bits per heavy atom. The van der Waals surface area contributed by atoms with Crippen molar-refractivity contribution >= 4 is 0 Å². The Morgan fingerprint density at radius 2 is 1.45 bits per heavy atom. The zero-order chi connectivity index (χ0) is 15.5. The van der Waals surface area contributed by atoms with E-state index in [0.717, 1.165) is 28.9 Å². The van der Waals surface area contributed by atoms with Gasteiger partial charge in [-0.15, -0.1) is 0 Å². The second-order valence-corrected chi connectivity index (χ2v) is 5.90. The van der Waals surface area contributed by atoms with Gasteiger partial charge in [-0.25, -0.2) is 0 Å². The molecule has 0 aliphatic carbocycles. The first kappa shape index (κ1) is 14.4. The maximum atomic E-state index is 12.5. The van der Waals surface area contributed by atoms with Gasteiger partial charge in [-0.05, 0) is 11.5 Å². The van der Waals surface area contributed by atoms with Gasteiger partial charge in [-0.1, -0.05) is 74.5 Å². The number of aromatic amines is 1. The van der Waals surface area contributed by atoms with Crippen LogP contribution >= 0.6 is 0 Å². The molecular weight excluding hydrogens is 272 g/mol. The summed E-state index contributed by atoms with van der Waals surface area (Å²) in [7, 11) is 0. The summed E-state index contributed by atoms with van der Waals surface area (Å²) >= 11 is 0. The molecule has 1 N–H and O–H groups in total. The van der Waals surface area contributed by atoms with Gasteiger partial charge < -0.3 is 0 Å². The fourth-order valence-electron chi connectivity index (χ4n) is 2.75. The molecule has 1 aromatic heterocycles. The van der Waals surface area contributed by atoms with Gasteiger partial charge in [0, 0.05) is 12.1 Å². The SMILES string of the molecule is CC(C)Cn1[nH]c(=O)c(-c2ccccc2)c1-c1ccccc1. The van der Waals surface area contributed by atoms with E-state index >= 15 is 0 Å². The van der Waals surface area contributed by atoms with Gasteiger partial charge in [-0.3, -0.25) is 14.6 Å². The molecule has 3 rings (SSSR count). The van der Waals surface area contributed by atoms with Crippen LogP contribution < -0.4 is 5.56 Å². The zero-order valence-electron chi connectivity index (χ0n) is 12.9. The topological polar surface area (TPSA) is 37.8 Å². The Kier molecular flexibility index (Phi) is 3.96. The van der Waals surface area contributed by atoms with E-state index < -0.39 is 0 Å². The first-order chi connectivity index (χ1) is 10.7. The van der Waals surface area contributed by atoms with E-state index in [9.17, 15) is 4.79 Å². The molecule has 0 spiro atoms. The monoisotopic (exact) mass is 292 g/mol. The number of aromatic nitrogens is 2. The molecule has 0 bridgehead atoms. The van der Waals surface area contributed by atoms with Crippen molar-refractivity contribution < 1.29 is 0 Å². The lowest BCUT2D eigenvalue weighted by molar-refractivity contribution is 0.485. The molecule has 0 fully saturated rings. The first-order valence-corrected chi connectivity index (χ1v) is 7.60. The Morgan fingerprint density at radius 1 is 0.909 bits per heavy atom. The third-order valence-electron chi connectivity index (χ3n) is 3.63. The molecule has 22 heavy (non-hydrogen) atoms. The summed E-state index contributed by atoms with van der Waals surface area (Å²) in [6.45, 7) is 5.08. The minimum atomic E-state index is -0.0364. The second-order valence-electron chi connectivity index (χ2n) is 5.90. The average molecular weight is 292 g/mol. The Bertz CT molecular complexity index is 798. The zero-order valence-corrected chi connectivity index (χ0v) is 12.9. The van der Waals surface area contributed by atoms with Crippen molar-refractivity contribution in [3.8, 4) is 22.4 Å². The van der Waals surface area contributed by atoms with E-state index in [1.165, 1.54) is 0 Å². The van der Waals surface area contributed by atoms with E-state index in [1.807, 2.05) is 65.3 Å². The highest BCUT2D eigenvalue weighted by Crippen LogP contribution is 2.29. The largest absolute Gasteiger partial charge is 0.284 e. The van der Waals surface area contributed by atoms with Crippen LogP contribution in [-0.4, -0.2) is 9.78 Å². The van der Waals surface area contributed by atoms with Crippen molar-refractivity contribution in [2.45, 2.75) is 20.4 Å². The van der Waals surface area contributed by atoms with Crippen LogP contribution in [0.5, 0.6) is 0 Å². The van der Waals surface area contributed by atoms with Crippen molar-refractivity contribution in [2.75, 3.05) is 0 Å². The lowest BCUT2D eigenvalue weighted by Crippen LogP contribution is -2.10. The lowest BCUT2D eigenvalue weighted by Gasteiger charge is -2.12. The first-order valence-electron chi connectivity index (χ1n) is 7.60. The molecule has 1 heterocycles. The van der Waals surface area contributed by atoms with Crippen LogP contribution in [0.2, 0.25) is 0 Å². The summed E-state index contributed by atoms with van der Waals surface area (Å²) in [6.07, 6.45) is 0. The molecular formula is C19H20N2O. The van der Waals surface area contributed by atoms with Crippen molar-refractivity contribution in [3.05, 3.63) is 71.0 Å². The number of nitrogens with one attached hydrogen (secondary N) is 1. The molecule has 0 unspecified atom stereocenters. The Hall–Kier alpha value is -2.55. The van der Waals surface area contributed by atoms with Crippen LogP contribution in [0.1, 0.15) is 13.8 Å². The van der Waals surface area contributed by atoms with E-state index in [1.54, 1.807) is 0 Å². The third kappa shape index (κ3) is 2.75. The van der Waals surface area contributed by atoms with Crippen LogP contribution in [0, 0.1) is 5.92 Å². The molecule has 0 atom stereocenters. The van der Waals surface area contributed by atoms with Crippen LogP contribution in [-0.2, 0) is 6.54 Å². The van der Waals surface area contributed by atoms with Gasteiger partial charge in [0.25, 0.3) is 5.56 Å².